The van der Waals surface area contributed by atoms with E-state index in [0.29, 0.717) is 12.5 Å². The molecule has 0 unspecified atom stereocenters. The average Bonchev–Trinajstić information content (AvgIpc) is 2.32. The molecule has 1 aliphatic rings. The molecular weight excluding hydrogens is 240 g/mol. The maximum Gasteiger partial charge on any atom is 0.305 e. The Morgan fingerprint density at radius 3 is 2.42 bits per heavy atom. The number of benzene rings is 1. The van der Waals surface area contributed by atoms with Crippen molar-refractivity contribution in [3.05, 3.63) is 35.4 Å². The van der Waals surface area contributed by atoms with Crippen LogP contribution >= 0.6 is 0 Å². The Morgan fingerprint density at radius 2 is 2.00 bits per heavy atom. The van der Waals surface area contributed by atoms with E-state index in [-0.39, 0.29) is 12.0 Å². The lowest BCUT2D eigenvalue weighted by molar-refractivity contribution is -0.139. The molecule has 0 radical (unpaired) electrons. The number of rotatable bonds is 6. The van der Waals surface area contributed by atoms with E-state index >= 15 is 0 Å². The fourth-order valence-corrected chi connectivity index (χ4v) is 2.34. The molecule has 1 aromatic rings. The van der Waals surface area contributed by atoms with Crippen LogP contribution in [0.4, 0.5) is 0 Å². The van der Waals surface area contributed by atoms with Crippen LogP contribution in [0.1, 0.15) is 37.3 Å². The van der Waals surface area contributed by atoms with Crippen molar-refractivity contribution in [3.8, 4) is 0 Å². The lowest BCUT2D eigenvalue weighted by Crippen LogP contribution is -2.68. The third kappa shape index (κ3) is 3.55. The minimum Gasteiger partial charge on any atom is -0.481 e. The van der Waals surface area contributed by atoms with Gasteiger partial charge in [0.1, 0.15) is 0 Å². The summed E-state index contributed by atoms with van der Waals surface area (Å²) in [7, 11) is 0. The molecule has 0 spiro atoms. The fourth-order valence-electron chi connectivity index (χ4n) is 2.34. The molecule has 1 saturated heterocycles. The van der Waals surface area contributed by atoms with Gasteiger partial charge in [-0.3, -0.25) is 4.79 Å². The zero-order valence-electron chi connectivity index (χ0n) is 11.6. The third-order valence-corrected chi connectivity index (χ3v) is 3.73. The molecule has 0 aliphatic carbocycles. The maximum atomic E-state index is 10.9. The molecule has 0 atom stereocenters. The van der Waals surface area contributed by atoms with Crippen LogP contribution in [0.15, 0.2) is 24.3 Å². The molecule has 1 heterocycles. The van der Waals surface area contributed by atoms with Gasteiger partial charge in [-0.25, -0.2) is 0 Å². The number of carboxylic acid groups (broad SMARTS) is 1. The SMILES string of the molecule is CC(C)c1ccc(CNC2(CC(=O)O)CNC2)cc1. The Balaban J connectivity index is 1.92. The van der Waals surface area contributed by atoms with Crippen molar-refractivity contribution in [2.75, 3.05) is 13.1 Å². The highest BCUT2D eigenvalue weighted by Crippen LogP contribution is 2.18. The van der Waals surface area contributed by atoms with Gasteiger partial charge in [-0.15, -0.1) is 0 Å². The minimum atomic E-state index is -0.746. The molecule has 0 amide bonds. The summed E-state index contributed by atoms with van der Waals surface area (Å²) in [6.07, 6.45) is 0.171. The molecule has 0 aromatic heterocycles. The molecule has 1 aromatic carbocycles. The fraction of sp³-hybridized carbons (Fsp3) is 0.533. The summed E-state index contributed by atoms with van der Waals surface area (Å²) in [4.78, 5) is 10.9. The molecule has 1 aliphatic heterocycles. The van der Waals surface area contributed by atoms with Gasteiger partial charge in [0, 0.05) is 19.6 Å². The Morgan fingerprint density at radius 1 is 1.37 bits per heavy atom. The van der Waals surface area contributed by atoms with Crippen LogP contribution in [0.3, 0.4) is 0 Å². The van der Waals surface area contributed by atoms with Crippen LogP contribution in [0, 0.1) is 0 Å². The number of carboxylic acids is 1. The number of carbonyl (C=O) groups is 1. The summed E-state index contributed by atoms with van der Waals surface area (Å²) in [5.41, 5.74) is 2.25. The number of hydrogen-bond acceptors (Lipinski definition) is 3. The van der Waals surface area contributed by atoms with Gasteiger partial charge in [-0.05, 0) is 17.0 Å². The van der Waals surface area contributed by atoms with E-state index in [4.69, 9.17) is 5.11 Å². The van der Waals surface area contributed by atoms with Crippen molar-refractivity contribution in [1.29, 1.82) is 0 Å². The van der Waals surface area contributed by atoms with Gasteiger partial charge in [0.05, 0.1) is 12.0 Å². The minimum absolute atomic E-state index is 0.171. The summed E-state index contributed by atoms with van der Waals surface area (Å²) in [5, 5.41) is 15.5. The Kier molecular flexibility index (Phi) is 4.22. The third-order valence-electron chi connectivity index (χ3n) is 3.73. The highest BCUT2D eigenvalue weighted by molar-refractivity contribution is 5.68. The Bertz CT molecular complexity index is 436. The quantitative estimate of drug-likeness (QED) is 0.730. The predicted molar refractivity (Wildman–Crippen MR) is 75.2 cm³/mol. The first-order chi connectivity index (χ1) is 9.01. The Hall–Kier alpha value is -1.39. The van der Waals surface area contributed by atoms with Crippen molar-refractivity contribution in [2.45, 2.75) is 38.3 Å². The summed E-state index contributed by atoms with van der Waals surface area (Å²) in [6, 6.07) is 8.51. The largest absolute Gasteiger partial charge is 0.481 e. The molecular formula is C15H22N2O2. The molecule has 4 heteroatoms. The highest BCUT2D eigenvalue weighted by atomic mass is 16.4. The summed E-state index contributed by atoms with van der Waals surface area (Å²) < 4.78 is 0. The van der Waals surface area contributed by atoms with Gasteiger partial charge in [0.2, 0.25) is 0 Å². The van der Waals surface area contributed by atoms with Crippen LogP contribution in [0.2, 0.25) is 0 Å². The molecule has 0 saturated carbocycles. The second kappa shape index (κ2) is 5.72. The molecule has 1 fully saturated rings. The standard InChI is InChI=1S/C15H22N2O2/c1-11(2)13-5-3-12(4-6-13)8-17-15(7-14(18)19)9-16-10-15/h3-6,11,16-17H,7-10H2,1-2H3,(H,18,19). The normalized spacial score (nSPS) is 17.2. The first-order valence-corrected chi connectivity index (χ1v) is 6.77. The van der Waals surface area contributed by atoms with E-state index in [2.05, 4.69) is 48.7 Å². The summed E-state index contributed by atoms with van der Waals surface area (Å²) in [6.45, 7) is 6.52. The Labute approximate surface area is 114 Å². The zero-order valence-corrected chi connectivity index (χ0v) is 11.6. The molecule has 3 N–H and O–H groups in total. The first kappa shape index (κ1) is 14.0. The van der Waals surface area contributed by atoms with E-state index in [9.17, 15) is 4.79 Å². The van der Waals surface area contributed by atoms with E-state index in [0.717, 1.165) is 13.1 Å². The van der Waals surface area contributed by atoms with Crippen molar-refractivity contribution >= 4 is 5.97 Å². The van der Waals surface area contributed by atoms with E-state index < -0.39 is 5.97 Å². The lowest BCUT2D eigenvalue weighted by atomic mass is 9.88. The second-order valence-corrected chi connectivity index (χ2v) is 5.70. The van der Waals surface area contributed by atoms with Crippen molar-refractivity contribution in [3.63, 3.8) is 0 Å². The number of hydrogen-bond donors (Lipinski definition) is 3. The first-order valence-electron chi connectivity index (χ1n) is 6.77. The topological polar surface area (TPSA) is 61.4 Å². The van der Waals surface area contributed by atoms with Crippen molar-refractivity contribution in [2.24, 2.45) is 0 Å². The zero-order chi connectivity index (χ0) is 13.9. The average molecular weight is 262 g/mol. The monoisotopic (exact) mass is 262 g/mol. The predicted octanol–water partition coefficient (Wildman–Crippen LogP) is 1.72. The maximum absolute atomic E-state index is 10.9. The van der Waals surface area contributed by atoms with Crippen LogP contribution in [-0.2, 0) is 11.3 Å². The molecule has 104 valence electrons. The van der Waals surface area contributed by atoms with Crippen molar-refractivity contribution < 1.29 is 9.90 Å². The summed E-state index contributed by atoms with van der Waals surface area (Å²) in [5.74, 6) is -0.208. The van der Waals surface area contributed by atoms with Gasteiger partial charge < -0.3 is 15.7 Å². The molecule has 0 bridgehead atoms. The van der Waals surface area contributed by atoms with Crippen LogP contribution in [-0.4, -0.2) is 29.7 Å². The van der Waals surface area contributed by atoms with Gasteiger partial charge in [-0.2, -0.15) is 0 Å². The smallest absolute Gasteiger partial charge is 0.305 e. The van der Waals surface area contributed by atoms with Gasteiger partial charge in [0.15, 0.2) is 0 Å². The van der Waals surface area contributed by atoms with Crippen LogP contribution in [0.25, 0.3) is 0 Å². The number of aliphatic carboxylic acids is 1. The highest BCUT2D eigenvalue weighted by Gasteiger charge is 2.38. The van der Waals surface area contributed by atoms with Crippen LogP contribution in [0.5, 0.6) is 0 Å². The van der Waals surface area contributed by atoms with Gasteiger partial charge in [0.25, 0.3) is 0 Å². The van der Waals surface area contributed by atoms with E-state index in [1.165, 1.54) is 11.1 Å². The second-order valence-electron chi connectivity index (χ2n) is 5.70. The van der Waals surface area contributed by atoms with Crippen molar-refractivity contribution in [1.82, 2.24) is 10.6 Å². The summed E-state index contributed by atoms with van der Waals surface area (Å²) >= 11 is 0. The molecule has 2 rings (SSSR count). The van der Waals surface area contributed by atoms with Crippen LogP contribution < -0.4 is 10.6 Å². The van der Waals surface area contributed by atoms with E-state index in [1.54, 1.807) is 0 Å². The number of nitrogens with one attached hydrogen (secondary N) is 2. The van der Waals surface area contributed by atoms with Gasteiger partial charge in [-0.1, -0.05) is 38.1 Å². The molecule has 19 heavy (non-hydrogen) atoms. The van der Waals surface area contributed by atoms with Gasteiger partial charge >= 0.3 is 5.97 Å². The lowest BCUT2D eigenvalue weighted by Gasteiger charge is -2.42. The van der Waals surface area contributed by atoms with E-state index in [1.807, 2.05) is 0 Å². The molecule has 4 nitrogen and oxygen atoms in total.